The first-order valence-corrected chi connectivity index (χ1v) is 5.30. The minimum atomic E-state index is -0.833. The molecule has 0 aromatic heterocycles. The van der Waals surface area contributed by atoms with Crippen molar-refractivity contribution in [1.82, 2.24) is 0 Å². The molecule has 3 heteroatoms. The van der Waals surface area contributed by atoms with Crippen LogP contribution >= 0.6 is 0 Å². The van der Waals surface area contributed by atoms with Crippen LogP contribution in [0.25, 0.3) is 0 Å². The second-order valence-corrected chi connectivity index (χ2v) is 4.24. The van der Waals surface area contributed by atoms with Crippen molar-refractivity contribution in [1.29, 1.82) is 0 Å². The third kappa shape index (κ3) is 15.9. The monoisotopic (exact) mass is 216 g/mol. The third-order valence-electron chi connectivity index (χ3n) is 1.78. The molecule has 0 saturated heterocycles. The molecule has 0 fully saturated rings. The van der Waals surface area contributed by atoms with E-state index in [1.807, 2.05) is 0 Å². The molecule has 0 atom stereocenters. The zero-order chi connectivity index (χ0) is 12.4. The maximum Gasteiger partial charge on any atom is 0.300 e. The zero-order valence-electron chi connectivity index (χ0n) is 10.4. The highest BCUT2D eigenvalue weighted by Gasteiger charge is 2.00. The number of allylic oxidation sites excluding steroid dienone is 1. The first kappa shape index (κ1) is 16.6. The van der Waals surface area contributed by atoms with E-state index in [1.165, 1.54) is 5.57 Å². The Balaban J connectivity index is 0. The summed E-state index contributed by atoms with van der Waals surface area (Å²) in [5, 5.41) is 16.4. The average molecular weight is 216 g/mol. The van der Waals surface area contributed by atoms with Gasteiger partial charge in [-0.05, 0) is 23.8 Å². The second-order valence-electron chi connectivity index (χ2n) is 4.24. The van der Waals surface area contributed by atoms with Crippen LogP contribution in [0.4, 0.5) is 0 Å². The van der Waals surface area contributed by atoms with Gasteiger partial charge >= 0.3 is 0 Å². The van der Waals surface area contributed by atoms with Gasteiger partial charge in [-0.15, -0.1) is 0 Å². The molecule has 2 N–H and O–H groups in total. The molecular formula is C12H24O3. The molecule has 0 radical (unpaired) electrons. The standard InChI is InChI=1S/C10H20O.C2H4O2/c1-8(2)5-6-10(7-11)9(3)4;1-2(3)4/h6,8-9,11H,5,7H2,1-4H3;1H3,(H,3,4). The summed E-state index contributed by atoms with van der Waals surface area (Å²) >= 11 is 0. The summed E-state index contributed by atoms with van der Waals surface area (Å²) in [6.07, 6.45) is 3.24. The Morgan fingerprint density at radius 1 is 1.27 bits per heavy atom. The van der Waals surface area contributed by atoms with E-state index < -0.39 is 5.97 Å². The Morgan fingerprint density at radius 2 is 1.67 bits per heavy atom. The van der Waals surface area contributed by atoms with Crippen LogP contribution in [-0.2, 0) is 4.79 Å². The van der Waals surface area contributed by atoms with Gasteiger partial charge in [0.25, 0.3) is 5.97 Å². The molecule has 0 aliphatic heterocycles. The van der Waals surface area contributed by atoms with Crippen LogP contribution in [0, 0.1) is 11.8 Å². The van der Waals surface area contributed by atoms with Gasteiger partial charge < -0.3 is 10.2 Å². The van der Waals surface area contributed by atoms with Gasteiger partial charge in [0.05, 0.1) is 6.61 Å². The van der Waals surface area contributed by atoms with E-state index in [1.54, 1.807) is 0 Å². The van der Waals surface area contributed by atoms with E-state index in [0.29, 0.717) is 11.8 Å². The molecular weight excluding hydrogens is 192 g/mol. The molecule has 0 rings (SSSR count). The van der Waals surface area contributed by atoms with E-state index >= 15 is 0 Å². The topological polar surface area (TPSA) is 57.5 Å². The van der Waals surface area contributed by atoms with Crippen molar-refractivity contribution in [3.63, 3.8) is 0 Å². The molecule has 15 heavy (non-hydrogen) atoms. The fraction of sp³-hybridized carbons (Fsp3) is 0.750. The fourth-order valence-corrected chi connectivity index (χ4v) is 0.870. The summed E-state index contributed by atoms with van der Waals surface area (Å²) in [6, 6.07) is 0. The number of hydrogen-bond donors (Lipinski definition) is 2. The molecule has 3 nitrogen and oxygen atoms in total. The van der Waals surface area contributed by atoms with E-state index in [9.17, 15) is 0 Å². The van der Waals surface area contributed by atoms with Crippen molar-refractivity contribution in [3.05, 3.63) is 11.6 Å². The number of carboxylic acids is 1. The maximum absolute atomic E-state index is 9.00. The summed E-state index contributed by atoms with van der Waals surface area (Å²) in [4.78, 5) is 9.00. The van der Waals surface area contributed by atoms with Crippen LogP contribution in [0.1, 0.15) is 41.0 Å². The lowest BCUT2D eigenvalue weighted by atomic mass is 10.0. The number of aliphatic carboxylic acids is 1. The van der Waals surface area contributed by atoms with E-state index in [4.69, 9.17) is 15.0 Å². The number of hydrogen-bond acceptors (Lipinski definition) is 2. The molecule has 0 aliphatic rings. The highest BCUT2D eigenvalue weighted by atomic mass is 16.4. The van der Waals surface area contributed by atoms with Crippen LogP contribution in [0.15, 0.2) is 11.6 Å². The van der Waals surface area contributed by atoms with Crippen LogP contribution in [0.3, 0.4) is 0 Å². The Hall–Kier alpha value is -0.830. The first-order valence-electron chi connectivity index (χ1n) is 5.30. The van der Waals surface area contributed by atoms with Crippen LogP contribution in [0.2, 0.25) is 0 Å². The molecule has 0 saturated carbocycles. The molecule has 0 heterocycles. The molecule has 0 unspecified atom stereocenters. The highest BCUT2D eigenvalue weighted by Crippen LogP contribution is 2.11. The second kappa shape index (κ2) is 9.71. The van der Waals surface area contributed by atoms with Gasteiger partial charge in [0.15, 0.2) is 0 Å². The number of aliphatic hydroxyl groups is 1. The molecule has 0 amide bonds. The number of rotatable bonds is 4. The van der Waals surface area contributed by atoms with Crippen LogP contribution < -0.4 is 0 Å². The predicted octanol–water partition coefficient (Wildman–Crippen LogP) is 2.70. The smallest absolute Gasteiger partial charge is 0.300 e. The zero-order valence-corrected chi connectivity index (χ0v) is 10.4. The largest absolute Gasteiger partial charge is 0.481 e. The Morgan fingerprint density at radius 3 is 1.87 bits per heavy atom. The maximum atomic E-state index is 9.00. The lowest BCUT2D eigenvalue weighted by molar-refractivity contribution is -0.134. The Bertz CT molecular complexity index is 189. The number of aliphatic hydroxyl groups excluding tert-OH is 1. The highest BCUT2D eigenvalue weighted by molar-refractivity contribution is 5.62. The minimum Gasteiger partial charge on any atom is -0.481 e. The molecule has 0 aromatic rings. The van der Waals surface area contributed by atoms with Crippen molar-refractivity contribution in [2.24, 2.45) is 11.8 Å². The van der Waals surface area contributed by atoms with Gasteiger partial charge in [-0.2, -0.15) is 0 Å². The van der Waals surface area contributed by atoms with Crippen molar-refractivity contribution in [2.75, 3.05) is 6.61 Å². The van der Waals surface area contributed by atoms with Crippen LogP contribution in [-0.4, -0.2) is 22.8 Å². The van der Waals surface area contributed by atoms with Crippen molar-refractivity contribution in [2.45, 2.75) is 41.0 Å². The van der Waals surface area contributed by atoms with Gasteiger partial charge in [-0.25, -0.2) is 0 Å². The van der Waals surface area contributed by atoms with Crippen molar-refractivity contribution >= 4 is 5.97 Å². The fourth-order valence-electron chi connectivity index (χ4n) is 0.870. The minimum absolute atomic E-state index is 0.213. The molecule has 90 valence electrons. The Labute approximate surface area is 92.8 Å². The Kier molecular flexibility index (Phi) is 10.7. The summed E-state index contributed by atoms with van der Waals surface area (Å²) in [5.41, 5.74) is 1.17. The van der Waals surface area contributed by atoms with Crippen LogP contribution in [0.5, 0.6) is 0 Å². The van der Waals surface area contributed by atoms with E-state index in [2.05, 4.69) is 33.8 Å². The average Bonchev–Trinajstić information content (AvgIpc) is 2.02. The van der Waals surface area contributed by atoms with Crippen molar-refractivity contribution in [3.8, 4) is 0 Å². The summed E-state index contributed by atoms with van der Waals surface area (Å²) in [5.74, 6) is 0.342. The first-order chi connectivity index (χ1) is 6.81. The number of carbonyl (C=O) groups is 1. The molecule has 0 spiro atoms. The molecule has 0 bridgehead atoms. The number of carboxylic acid groups (broad SMARTS) is 1. The lowest BCUT2D eigenvalue weighted by Crippen LogP contribution is -1.99. The van der Waals surface area contributed by atoms with Gasteiger partial charge in [-0.1, -0.05) is 33.8 Å². The quantitative estimate of drug-likeness (QED) is 0.710. The molecule has 0 aromatic carbocycles. The van der Waals surface area contributed by atoms with Crippen molar-refractivity contribution < 1.29 is 15.0 Å². The lowest BCUT2D eigenvalue weighted by Gasteiger charge is -2.08. The van der Waals surface area contributed by atoms with Gasteiger partial charge in [0.2, 0.25) is 0 Å². The predicted molar refractivity (Wildman–Crippen MR) is 62.8 cm³/mol. The summed E-state index contributed by atoms with van der Waals surface area (Å²) in [7, 11) is 0. The molecule has 0 aliphatic carbocycles. The van der Waals surface area contributed by atoms with Gasteiger partial charge in [0, 0.05) is 6.92 Å². The normalized spacial score (nSPS) is 11.3. The van der Waals surface area contributed by atoms with E-state index in [-0.39, 0.29) is 6.61 Å². The third-order valence-corrected chi connectivity index (χ3v) is 1.78. The summed E-state index contributed by atoms with van der Waals surface area (Å²) < 4.78 is 0. The SMILES string of the molecule is CC(=O)O.CC(C)CC=C(CO)C(C)C. The van der Waals surface area contributed by atoms with Gasteiger partial charge in [0.1, 0.15) is 0 Å². The summed E-state index contributed by atoms with van der Waals surface area (Å²) in [6.45, 7) is 9.90. The van der Waals surface area contributed by atoms with Gasteiger partial charge in [-0.3, -0.25) is 4.79 Å². The van der Waals surface area contributed by atoms with E-state index in [0.717, 1.165) is 13.3 Å².